The molecular formula is C17H25BrN4O4. The molecule has 1 aromatic rings. The number of hydrogen-bond acceptors (Lipinski definition) is 7. The van der Waals surface area contributed by atoms with Crippen molar-refractivity contribution in [3.05, 3.63) is 16.4 Å². The summed E-state index contributed by atoms with van der Waals surface area (Å²) in [5.74, 6) is -0.0538. The fourth-order valence-corrected chi connectivity index (χ4v) is 2.98. The summed E-state index contributed by atoms with van der Waals surface area (Å²) >= 11 is 3.26. The molecule has 0 saturated carbocycles. The maximum atomic E-state index is 12.0. The topological polar surface area (TPSA) is 93.7 Å². The lowest BCUT2D eigenvalue weighted by molar-refractivity contribution is 0.0447. The second-order valence-corrected chi connectivity index (χ2v) is 8.39. The zero-order valence-electron chi connectivity index (χ0n) is 15.8. The Balaban J connectivity index is 2.02. The van der Waals surface area contributed by atoms with Crippen molar-refractivity contribution in [2.75, 3.05) is 25.1 Å². The molecule has 1 saturated heterocycles. The Morgan fingerprint density at radius 1 is 1.31 bits per heavy atom. The molecule has 0 bridgehead atoms. The van der Waals surface area contributed by atoms with E-state index in [-0.39, 0.29) is 11.2 Å². The van der Waals surface area contributed by atoms with E-state index in [1.165, 1.54) is 7.11 Å². The number of ether oxygens (including phenoxy) is 2. The maximum absolute atomic E-state index is 12.0. The molecule has 9 heteroatoms. The molecule has 0 radical (unpaired) electrons. The molecule has 0 spiro atoms. The monoisotopic (exact) mass is 428 g/mol. The van der Waals surface area contributed by atoms with Gasteiger partial charge >= 0.3 is 12.1 Å². The van der Waals surface area contributed by atoms with Gasteiger partial charge < -0.3 is 19.7 Å². The quantitative estimate of drug-likeness (QED) is 0.739. The van der Waals surface area contributed by atoms with Gasteiger partial charge in [-0.05, 0) is 56.5 Å². The van der Waals surface area contributed by atoms with Gasteiger partial charge in [-0.3, -0.25) is 0 Å². The molecule has 8 nitrogen and oxygen atoms in total. The number of carbonyl (C=O) groups is 2. The molecule has 144 valence electrons. The van der Waals surface area contributed by atoms with Crippen molar-refractivity contribution in [2.45, 2.75) is 51.7 Å². The number of nitrogens with zero attached hydrogens (tertiary/aromatic N) is 3. The summed E-state index contributed by atoms with van der Waals surface area (Å²) in [5.41, 5.74) is -0.700. The number of nitrogens with one attached hydrogen (secondary N) is 1. The minimum absolute atomic E-state index is 0.192. The van der Waals surface area contributed by atoms with Crippen LogP contribution in [-0.2, 0) is 9.47 Å². The Hall–Kier alpha value is -1.90. The van der Waals surface area contributed by atoms with Gasteiger partial charge in [-0.2, -0.15) is 0 Å². The highest BCUT2D eigenvalue weighted by molar-refractivity contribution is 9.10. The van der Waals surface area contributed by atoms with E-state index in [0.717, 1.165) is 0 Å². The van der Waals surface area contributed by atoms with Crippen molar-refractivity contribution in [3.8, 4) is 0 Å². The van der Waals surface area contributed by atoms with Crippen LogP contribution in [0.3, 0.4) is 0 Å². The van der Waals surface area contributed by atoms with Crippen LogP contribution in [0.2, 0.25) is 0 Å². The van der Waals surface area contributed by atoms with Gasteiger partial charge in [-0.15, -0.1) is 0 Å². The molecule has 1 amide bonds. The zero-order valence-corrected chi connectivity index (χ0v) is 17.3. The summed E-state index contributed by atoms with van der Waals surface area (Å²) in [7, 11) is 1.31. The van der Waals surface area contributed by atoms with Gasteiger partial charge in [0.2, 0.25) is 5.95 Å². The van der Waals surface area contributed by atoms with Gasteiger partial charge in [0.25, 0.3) is 0 Å². The number of alkyl carbamates (subject to hydrolysis) is 1. The van der Waals surface area contributed by atoms with Crippen LogP contribution >= 0.6 is 15.9 Å². The van der Waals surface area contributed by atoms with Crippen molar-refractivity contribution in [1.29, 1.82) is 0 Å². The third kappa shape index (κ3) is 5.30. The number of anilines is 1. The predicted molar refractivity (Wildman–Crippen MR) is 100 cm³/mol. The lowest BCUT2D eigenvalue weighted by Gasteiger charge is -2.40. The van der Waals surface area contributed by atoms with E-state index in [2.05, 4.69) is 31.2 Å². The minimum atomic E-state index is -0.531. The fourth-order valence-electron chi connectivity index (χ4n) is 2.63. The Labute approximate surface area is 161 Å². The van der Waals surface area contributed by atoms with Crippen molar-refractivity contribution < 1.29 is 19.1 Å². The summed E-state index contributed by atoms with van der Waals surface area (Å²) in [6, 6.07) is 0. The summed E-state index contributed by atoms with van der Waals surface area (Å²) in [4.78, 5) is 34.4. The van der Waals surface area contributed by atoms with E-state index < -0.39 is 17.7 Å². The standard InChI is InChI=1S/C17H25BrN4O4/c1-16(2,3)26-15(24)21-17(4)6-8-22(9-7-17)14-19-10-11(18)12(20-14)13(23)25-5/h10H,6-9H2,1-5H3,(H,21,24). The second-order valence-electron chi connectivity index (χ2n) is 7.53. The Bertz CT molecular complexity index is 682. The Kier molecular flexibility index (Phi) is 6.10. The fraction of sp³-hybridized carbons (Fsp3) is 0.647. The number of carbonyl (C=O) groups excluding carboxylic acids is 2. The third-order valence-electron chi connectivity index (χ3n) is 4.06. The van der Waals surface area contributed by atoms with E-state index in [1.807, 2.05) is 32.6 Å². The average molecular weight is 429 g/mol. The van der Waals surface area contributed by atoms with E-state index in [1.54, 1.807) is 6.20 Å². The highest BCUT2D eigenvalue weighted by Crippen LogP contribution is 2.26. The first-order valence-electron chi connectivity index (χ1n) is 8.40. The number of methoxy groups -OCH3 is 1. The Morgan fingerprint density at radius 3 is 2.46 bits per heavy atom. The number of aromatic nitrogens is 2. The van der Waals surface area contributed by atoms with Gasteiger partial charge in [0.15, 0.2) is 5.69 Å². The van der Waals surface area contributed by atoms with E-state index in [4.69, 9.17) is 9.47 Å². The smallest absolute Gasteiger partial charge is 0.408 e. The van der Waals surface area contributed by atoms with Crippen molar-refractivity contribution in [1.82, 2.24) is 15.3 Å². The number of halogens is 1. The van der Waals surface area contributed by atoms with Crippen molar-refractivity contribution >= 4 is 33.9 Å². The van der Waals surface area contributed by atoms with Crippen LogP contribution in [0.1, 0.15) is 51.0 Å². The van der Waals surface area contributed by atoms with Gasteiger partial charge in [0.1, 0.15) is 5.60 Å². The lowest BCUT2D eigenvalue weighted by atomic mass is 9.90. The Morgan fingerprint density at radius 2 is 1.92 bits per heavy atom. The molecule has 26 heavy (non-hydrogen) atoms. The van der Waals surface area contributed by atoms with Crippen LogP contribution in [-0.4, -0.2) is 53.4 Å². The SMILES string of the molecule is COC(=O)c1nc(N2CCC(C)(NC(=O)OC(C)(C)C)CC2)ncc1Br. The first-order chi connectivity index (χ1) is 12.0. The van der Waals surface area contributed by atoms with Gasteiger partial charge in [-0.25, -0.2) is 19.6 Å². The number of piperidine rings is 1. The minimum Gasteiger partial charge on any atom is -0.464 e. The second kappa shape index (κ2) is 7.77. The average Bonchev–Trinajstić information content (AvgIpc) is 2.53. The molecule has 1 N–H and O–H groups in total. The number of hydrogen-bond donors (Lipinski definition) is 1. The van der Waals surface area contributed by atoms with Gasteiger partial charge in [-0.1, -0.05) is 0 Å². The predicted octanol–water partition coefficient (Wildman–Crippen LogP) is 2.91. The molecule has 0 aromatic carbocycles. The first kappa shape index (κ1) is 20.4. The van der Waals surface area contributed by atoms with E-state index >= 15 is 0 Å². The molecule has 1 aliphatic heterocycles. The highest BCUT2D eigenvalue weighted by atomic mass is 79.9. The van der Waals surface area contributed by atoms with Crippen LogP contribution in [0, 0.1) is 0 Å². The molecule has 0 aliphatic carbocycles. The number of esters is 1. The maximum Gasteiger partial charge on any atom is 0.408 e. The van der Waals surface area contributed by atoms with E-state index in [0.29, 0.717) is 36.4 Å². The molecular weight excluding hydrogens is 404 g/mol. The van der Waals surface area contributed by atoms with E-state index in [9.17, 15) is 9.59 Å². The van der Waals surface area contributed by atoms with Crippen LogP contribution in [0.5, 0.6) is 0 Å². The van der Waals surface area contributed by atoms with Crippen LogP contribution in [0.4, 0.5) is 10.7 Å². The summed E-state index contributed by atoms with van der Waals surface area (Å²) in [6.45, 7) is 8.80. The van der Waals surface area contributed by atoms with Gasteiger partial charge in [0.05, 0.1) is 11.6 Å². The first-order valence-corrected chi connectivity index (χ1v) is 9.19. The summed E-state index contributed by atoms with van der Waals surface area (Å²) in [5, 5.41) is 2.96. The normalized spacial score (nSPS) is 16.8. The summed E-state index contributed by atoms with van der Waals surface area (Å²) < 4.78 is 10.6. The number of rotatable bonds is 3. The van der Waals surface area contributed by atoms with Crippen molar-refractivity contribution in [2.24, 2.45) is 0 Å². The molecule has 0 unspecified atom stereocenters. The zero-order chi connectivity index (χ0) is 19.5. The molecule has 2 rings (SSSR count). The van der Waals surface area contributed by atoms with Crippen LogP contribution in [0.25, 0.3) is 0 Å². The lowest BCUT2D eigenvalue weighted by Crippen LogP contribution is -2.54. The summed E-state index contributed by atoms with van der Waals surface area (Å²) in [6.07, 6.45) is 2.54. The molecule has 0 atom stereocenters. The molecule has 1 aliphatic rings. The number of amides is 1. The molecule has 1 aromatic heterocycles. The highest BCUT2D eigenvalue weighted by Gasteiger charge is 2.34. The molecule has 2 heterocycles. The third-order valence-corrected chi connectivity index (χ3v) is 4.64. The van der Waals surface area contributed by atoms with Gasteiger partial charge in [0, 0.05) is 24.8 Å². The largest absolute Gasteiger partial charge is 0.464 e. The molecule has 1 fully saturated rings. The van der Waals surface area contributed by atoms with Crippen LogP contribution in [0.15, 0.2) is 10.7 Å². The van der Waals surface area contributed by atoms with Crippen LogP contribution < -0.4 is 10.2 Å². The van der Waals surface area contributed by atoms with Crippen molar-refractivity contribution in [3.63, 3.8) is 0 Å².